The summed E-state index contributed by atoms with van der Waals surface area (Å²) in [5.74, 6) is 1.78. The minimum atomic E-state index is -4.64. The van der Waals surface area contributed by atoms with Gasteiger partial charge < -0.3 is 15.8 Å². The van der Waals surface area contributed by atoms with Crippen LogP contribution in [0.4, 0.5) is 27.8 Å². The lowest BCUT2D eigenvalue weighted by atomic mass is 10.1. The smallest absolute Gasteiger partial charge is 0.383 e. The largest absolute Gasteiger partial charge is 0.419 e. The quantitative estimate of drug-likeness (QED) is 0.574. The van der Waals surface area contributed by atoms with E-state index in [1.165, 1.54) is 30.5 Å². The number of morpholine rings is 1. The number of nitrogen functional groups attached to an aromatic ring is 1. The van der Waals surface area contributed by atoms with Gasteiger partial charge in [-0.3, -0.25) is 4.68 Å². The van der Waals surface area contributed by atoms with Crippen molar-refractivity contribution in [2.45, 2.75) is 58.7 Å². The molecular formula is C23H34F5N5O. The number of ether oxygens (including phenoxy) is 1. The second kappa shape index (κ2) is 13.6. The number of nitrogens with zero attached hydrogens (tertiary/aromatic N) is 3. The molecule has 1 saturated heterocycles. The van der Waals surface area contributed by atoms with E-state index in [2.05, 4.69) is 15.4 Å². The first-order chi connectivity index (χ1) is 16.2. The van der Waals surface area contributed by atoms with E-state index < -0.39 is 30.5 Å². The Morgan fingerprint density at radius 3 is 2.24 bits per heavy atom. The maximum absolute atomic E-state index is 12.7. The van der Waals surface area contributed by atoms with E-state index in [0.717, 1.165) is 43.2 Å². The Hall–Kier alpha value is -2.27. The summed E-state index contributed by atoms with van der Waals surface area (Å²) in [7, 11) is 0. The van der Waals surface area contributed by atoms with E-state index >= 15 is 0 Å². The van der Waals surface area contributed by atoms with Crippen LogP contribution in [0, 0.1) is 11.8 Å². The van der Waals surface area contributed by atoms with Gasteiger partial charge in [0.05, 0.1) is 24.5 Å². The summed E-state index contributed by atoms with van der Waals surface area (Å²) in [6.07, 6.45) is 1.37. The normalized spacial score (nSPS) is 20.7. The average Bonchev–Trinajstić information content (AvgIpc) is 3.18. The van der Waals surface area contributed by atoms with Crippen LogP contribution in [-0.2, 0) is 17.5 Å². The second-order valence-electron chi connectivity index (χ2n) is 8.02. The molecule has 34 heavy (non-hydrogen) atoms. The van der Waals surface area contributed by atoms with E-state index in [-0.39, 0.29) is 11.3 Å². The number of pyridine rings is 1. The highest BCUT2D eigenvalue weighted by Crippen LogP contribution is 2.51. The molecule has 0 radical (unpaired) electrons. The Bertz CT molecular complexity index is 835. The second-order valence-corrected chi connectivity index (χ2v) is 8.02. The van der Waals surface area contributed by atoms with E-state index in [9.17, 15) is 22.0 Å². The Morgan fingerprint density at radius 2 is 1.82 bits per heavy atom. The summed E-state index contributed by atoms with van der Waals surface area (Å²) in [5, 5.41) is 6.92. The third kappa shape index (κ3) is 9.17. The van der Waals surface area contributed by atoms with Gasteiger partial charge >= 0.3 is 6.18 Å². The standard InChI is InChI=1S/C11H9F5N4.C6H10.C4H9NO.C2H6/c12-9(13)5-20-2-1-8(19-20)6-3-7(11(14,15)16)10(17)18-4-6;1-2-5-4-6(5)3-1;1-3-6-4-2-5-1;1-2/h1-4,9H,5H2,(H2,17,18);5-6H,1-4H2;5H,1-4H2;1-2H3. The van der Waals surface area contributed by atoms with Crippen LogP contribution >= 0.6 is 0 Å². The Labute approximate surface area is 197 Å². The fraction of sp³-hybridized carbons (Fsp3) is 0.652. The number of hydrogen-bond donors (Lipinski definition) is 2. The first-order valence-corrected chi connectivity index (χ1v) is 11.7. The van der Waals surface area contributed by atoms with Gasteiger partial charge in [0.15, 0.2) is 0 Å². The summed E-state index contributed by atoms with van der Waals surface area (Å²) in [6, 6.07) is 2.12. The van der Waals surface area contributed by atoms with Gasteiger partial charge in [0.2, 0.25) is 0 Å². The number of alkyl halides is 5. The molecule has 0 amide bonds. The predicted octanol–water partition coefficient (Wildman–Crippen LogP) is 5.25. The fourth-order valence-corrected chi connectivity index (χ4v) is 3.78. The van der Waals surface area contributed by atoms with Crippen molar-refractivity contribution in [1.29, 1.82) is 0 Å². The number of fused-ring (bicyclic) bond motifs is 1. The minimum Gasteiger partial charge on any atom is -0.383 e. The molecule has 1 aliphatic heterocycles. The lowest BCUT2D eigenvalue weighted by Gasteiger charge is -2.10. The lowest BCUT2D eigenvalue weighted by molar-refractivity contribution is -0.137. The third-order valence-electron chi connectivity index (χ3n) is 5.55. The van der Waals surface area contributed by atoms with Gasteiger partial charge in [-0.25, -0.2) is 13.8 Å². The number of anilines is 1. The maximum atomic E-state index is 12.7. The van der Waals surface area contributed by atoms with Crippen molar-refractivity contribution >= 4 is 5.82 Å². The van der Waals surface area contributed by atoms with Gasteiger partial charge in [0, 0.05) is 31.0 Å². The fourth-order valence-electron chi connectivity index (χ4n) is 3.78. The molecule has 3 aliphatic rings. The predicted molar refractivity (Wildman–Crippen MR) is 121 cm³/mol. The molecular weight excluding hydrogens is 457 g/mol. The number of hydrogen-bond acceptors (Lipinski definition) is 5. The molecule has 11 heteroatoms. The third-order valence-corrected chi connectivity index (χ3v) is 5.55. The molecule has 2 aromatic rings. The van der Waals surface area contributed by atoms with E-state index in [1.54, 1.807) is 19.3 Å². The molecule has 2 aromatic heterocycles. The summed E-state index contributed by atoms with van der Waals surface area (Å²) in [4.78, 5) is 3.45. The maximum Gasteiger partial charge on any atom is 0.419 e. The van der Waals surface area contributed by atoms with Crippen LogP contribution in [-0.4, -0.2) is 47.5 Å². The zero-order chi connectivity index (χ0) is 25.1. The molecule has 2 saturated carbocycles. The van der Waals surface area contributed by atoms with E-state index in [4.69, 9.17) is 10.5 Å². The van der Waals surface area contributed by atoms with Crippen molar-refractivity contribution in [1.82, 2.24) is 20.1 Å². The van der Waals surface area contributed by atoms with Gasteiger partial charge in [-0.2, -0.15) is 18.3 Å². The molecule has 6 nitrogen and oxygen atoms in total. The van der Waals surface area contributed by atoms with Crippen LogP contribution in [0.1, 0.15) is 45.1 Å². The molecule has 192 valence electrons. The van der Waals surface area contributed by atoms with Gasteiger partial charge in [-0.1, -0.05) is 33.1 Å². The molecule has 2 aliphatic carbocycles. The van der Waals surface area contributed by atoms with Crippen LogP contribution < -0.4 is 11.1 Å². The van der Waals surface area contributed by atoms with Crippen LogP contribution in [0.3, 0.4) is 0 Å². The SMILES string of the molecule is C1CC2CC2C1.C1COCCN1.CC.Nc1ncc(-c2ccn(CC(F)F)n2)cc1C(F)(F)F. The Kier molecular flexibility index (Phi) is 11.2. The molecule has 2 unspecified atom stereocenters. The highest BCUT2D eigenvalue weighted by Gasteiger charge is 2.40. The number of aromatic nitrogens is 3. The number of nitrogens with two attached hydrogens (primary N) is 1. The van der Waals surface area contributed by atoms with Gasteiger partial charge in [0.1, 0.15) is 12.4 Å². The van der Waals surface area contributed by atoms with Crippen molar-refractivity contribution in [2.75, 3.05) is 32.0 Å². The molecule has 3 N–H and O–H groups in total. The molecule has 3 fully saturated rings. The highest BCUT2D eigenvalue weighted by molar-refractivity contribution is 5.61. The number of rotatable bonds is 3. The first kappa shape index (κ1) is 28.0. The lowest BCUT2D eigenvalue weighted by Crippen LogP contribution is -2.30. The van der Waals surface area contributed by atoms with Crippen LogP contribution in [0.15, 0.2) is 24.5 Å². The van der Waals surface area contributed by atoms with Gasteiger partial charge in [-0.15, -0.1) is 0 Å². The average molecular weight is 492 g/mol. The molecule has 0 aromatic carbocycles. The van der Waals surface area contributed by atoms with Crippen molar-refractivity contribution in [3.63, 3.8) is 0 Å². The van der Waals surface area contributed by atoms with Crippen LogP contribution in [0.2, 0.25) is 0 Å². The highest BCUT2D eigenvalue weighted by atomic mass is 19.4. The number of nitrogens with one attached hydrogen (secondary N) is 1. The van der Waals surface area contributed by atoms with Crippen LogP contribution in [0.5, 0.6) is 0 Å². The molecule has 5 rings (SSSR count). The molecule has 2 atom stereocenters. The summed E-state index contributed by atoms with van der Waals surface area (Å²) in [6.45, 7) is 7.20. The summed E-state index contributed by atoms with van der Waals surface area (Å²) < 4.78 is 68.3. The van der Waals surface area contributed by atoms with Crippen molar-refractivity contribution in [3.05, 3.63) is 30.1 Å². The Morgan fingerprint density at radius 1 is 1.18 bits per heavy atom. The summed E-state index contributed by atoms with van der Waals surface area (Å²) in [5.41, 5.74) is 4.25. The summed E-state index contributed by atoms with van der Waals surface area (Å²) >= 11 is 0. The zero-order valence-electron chi connectivity index (χ0n) is 19.6. The van der Waals surface area contributed by atoms with Gasteiger partial charge in [-0.05, 0) is 30.4 Å². The first-order valence-electron chi connectivity index (χ1n) is 11.7. The van der Waals surface area contributed by atoms with E-state index in [0.29, 0.717) is 0 Å². The number of halogens is 5. The topological polar surface area (TPSA) is 78.0 Å². The molecule has 3 heterocycles. The molecule has 0 spiro atoms. The molecule has 0 bridgehead atoms. The zero-order valence-corrected chi connectivity index (χ0v) is 19.6. The monoisotopic (exact) mass is 491 g/mol. The van der Waals surface area contributed by atoms with Crippen molar-refractivity contribution in [2.24, 2.45) is 11.8 Å². The minimum absolute atomic E-state index is 0.0551. The van der Waals surface area contributed by atoms with E-state index in [1.807, 2.05) is 13.8 Å². The van der Waals surface area contributed by atoms with Crippen LogP contribution in [0.25, 0.3) is 11.3 Å². The van der Waals surface area contributed by atoms with Crippen molar-refractivity contribution < 1.29 is 26.7 Å². The van der Waals surface area contributed by atoms with Crippen molar-refractivity contribution in [3.8, 4) is 11.3 Å². The van der Waals surface area contributed by atoms with Gasteiger partial charge in [0.25, 0.3) is 6.43 Å². The Balaban J connectivity index is 0.000000233.